The van der Waals surface area contributed by atoms with Crippen molar-refractivity contribution >= 4 is 15.9 Å². The van der Waals surface area contributed by atoms with Crippen LogP contribution in [0.2, 0.25) is 0 Å². The number of hydrogen-bond acceptors (Lipinski definition) is 3. The highest BCUT2D eigenvalue weighted by atomic mass is 32.2. The molecule has 2 aliphatic rings. The average molecular weight is 336 g/mol. The first kappa shape index (κ1) is 16.5. The van der Waals surface area contributed by atoms with E-state index in [1.54, 1.807) is 4.31 Å². The van der Waals surface area contributed by atoms with Crippen molar-refractivity contribution in [3.63, 3.8) is 0 Å². The lowest BCUT2D eigenvalue weighted by Crippen LogP contribution is -2.51. The largest absolute Gasteiger partial charge is 0.340 e. The summed E-state index contributed by atoms with van der Waals surface area (Å²) in [6.07, 6.45) is 3.86. The summed E-state index contributed by atoms with van der Waals surface area (Å²) in [6.45, 7) is 1.94. The summed E-state index contributed by atoms with van der Waals surface area (Å²) >= 11 is 0. The molecule has 0 aromatic heterocycles. The van der Waals surface area contributed by atoms with Crippen molar-refractivity contribution < 1.29 is 13.2 Å². The van der Waals surface area contributed by atoms with Gasteiger partial charge in [0, 0.05) is 32.6 Å². The van der Waals surface area contributed by atoms with Crippen LogP contribution in [0.1, 0.15) is 31.2 Å². The number of carbonyl (C=O) groups excluding carboxylic acids is 1. The zero-order chi connectivity index (χ0) is 16.3. The van der Waals surface area contributed by atoms with Crippen molar-refractivity contribution in [2.24, 2.45) is 0 Å². The third kappa shape index (κ3) is 4.12. The highest BCUT2D eigenvalue weighted by Gasteiger charge is 2.41. The SMILES string of the molecule is O=C(CCCc1ccccc1)N1CCN(S(=O)(=O)C2CC2)CC1. The van der Waals surface area contributed by atoms with E-state index in [4.69, 9.17) is 0 Å². The molecule has 1 amide bonds. The van der Waals surface area contributed by atoms with E-state index in [9.17, 15) is 13.2 Å². The van der Waals surface area contributed by atoms with Gasteiger partial charge < -0.3 is 4.90 Å². The first-order valence-corrected chi connectivity index (χ1v) is 9.88. The molecule has 1 aliphatic carbocycles. The van der Waals surface area contributed by atoms with Crippen LogP contribution in [0.25, 0.3) is 0 Å². The van der Waals surface area contributed by atoms with E-state index in [2.05, 4.69) is 12.1 Å². The maximum Gasteiger partial charge on any atom is 0.222 e. The molecule has 1 aliphatic heterocycles. The van der Waals surface area contributed by atoms with Gasteiger partial charge in [-0.3, -0.25) is 4.79 Å². The molecule has 0 atom stereocenters. The highest BCUT2D eigenvalue weighted by molar-refractivity contribution is 7.90. The lowest BCUT2D eigenvalue weighted by atomic mass is 10.1. The number of benzene rings is 1. The van der Waals surface area contributed by atoms with Gasteiger partial charge in [-0.25, -0.2) is 8.42 Å². The van der Waals surface area contributed by atoms with Gasteiger partial charge in [-0.15, -0.1) is 0 Å². The topological polar surface area (TPSA) is 57.7 Å². The van der Waals surface area contributed by atoms with E-state index in [1.165, 1.54) is 5.56 Å². The minimum atomic E-state index is -3.10. The van der Waals surface area contributed by atoms with E-state index in [-0.39, 0.29) is 11.2 Å². The second kappa shape index (κ2) is 7.01. The van der Waals surface area contributed by atoms with Gasteiger partial charge in [0.1, 0.15) is 0 Å². The summed E-state index contributed by atoms with van der Waals surface area (Å²) in [5.41, 5.74) is 1.25. The van der Waals surface area contributed by atoms with Gasteiger partial charge in [0.05, 0.1) is 5.25 Å². The van der Waals surface area contributed by atoms with Crippen molar-refractivity contribution in [3.8, 4) is 0 Å². The van der Waals surface area contributed by atoms with Crippen LogP contribution in [-0.4, -0.2) is 55.0 Å². The van der Waals surface area contributed by atoms with Gasteiger partial charge in [-0.05, 0) is 31.2 Å². The zero-order valence-electron chi connectivity index (χ0n) is 13.4. The minimum absolute atomic E-state index is 0.143. The molecule has 1 saturated heterocycles. The van der Waals surface area contributed by atoms with Gasteiger partial charge in [0.25, 0.3) is 0 Å². The van der Waals surface area contributed by atoms with Crippen LogP contribution in [0.5, 0.6) is 0 Å². The Morgan fingerprint density at radius 1 is 1.04 bits per heavy atom. The van der Waals surface area contributed by atoms with Crippen LogP contribution in [0, 0.1) is 0 Å². The Morgan fingerprint density at radius 3 is 2.30 bits per heavy atom. The van der Waals surface area contributed by atoms with Crippen LogP contribution in [0.4, 0.5) is 0 Å². The molecule has 0 radical (unpaired) electrons. The number of nitrogens with zero attached hydrogens (tertiary/aromatic N) is 2. The first-order chi connectivity index (χ1) is 11.1. The Kier molecular flexibility index (Phi) is 5.02. The van der Waals surface area contributed by atoms with Gasteiger partial charge in [-0.1, -0.05) is 30.3 Å². The standard InChI is InChI=1S/C17H24N2O3S/c20-17(8-4-7-15-5-2-1-3-6-15)18-11-13-19(14-12-18)23(21,22)16-9-10-16/h1-3,5-6,16H,4,7-14H2. The summed E-state index contributed by atoms with van der Waals surface area (Å²) in [6, 6.07) is 10.2. The van der Waals surface area contributed by atoms with Crippen LogP contribution in [0.3, 0.4) is 0 Å². The Bertz CT molecular complexity index is 633. The fraction of sp³-hybridized carbons (Fsp3) is 0.588. The fourth-order valence-electron chi connectivity index (χ4n) is 3.02. The number of carbonyl (C=O) groups is 1. The molecule has 3 rings (SSSR count). The molecule has 1 aromatic rings. The highest BCUT2D eigenvalue weighted by Crippen LogP contribution is 2.31. The lowest BCUT2D eigenvalue weighted by molar-refractivity contribution is -0.132. The Hall–Kier alpha value is -1.40. The fourth-order valence-corrected chi connectivity index (χ4v) is 4.84. The summed E-state index contributed by atoms with van der Waals surface area (Å²) in [5, 5.41) is -0.157. The number of aryl methyl sites for hydroxylation is 1. The van der Waals surface area contributed by atoms with Crippen LogP contribution >= 0.6 is 0 Å². The van der Waals surface area contributed by atoms with E-state index in [0.717, 1.165) is 25.7 Å². The Balaban J connectivity index is 1.41. The summed E-state index contributed by atoms with van der Waals surface area (Å²) in [4.78, 5) is 14.1. The maximum absolute atomic E-state index is 12.2. The number of amides is 1. The van der Waals surface area contributed by atoms with Crippen molar-refractivity contribution in [1.82, 2.24) is 9.21 Å². The molecule has 126 valence electrons. The van der Waals surface area contributed by atoms with Crippen molar-refractivity contribution in [3.05, 3.63) is 35.9 Å². The molecule has 1 aromatic carbocycles. The molecule has 0 N–H and O–H groups in total. The van der Waals surface area contributed by atoms with Crippen molar-refractivity contribution in [2.45, 2.75) is 37.4 Å². The van der Waals surface area contributed by atoms with Crippen molar-refractivity contribution in [1.29, 1.82) is 0 Å². The molecular formula is C17H24N2O3S. The molecular weight excluding hydrogens is 312 g/mol. The molecule has 0 unspecified atom stereocenters. The normalized spacial score (nSPS) is 19.7. The second-order valence-electron chi connectivity index (χ2n) is 6.36. The molecule has 23 heavy (non-hydrogen) atoms. The summed E-state index contributed by atoms with van der Waals surface area (Å²) < 4.78 is 25.9. The number of hydrogen-bond donors (Lipinski definition) is 0. The maximum atomic E-state index is 12.2. The van der Waals surface area contributed by atoms with E-state index >= 15 is 0 Å². The third-order valence-electron chi connectivity index (χ3n) is 4.60. The van der Waals surface area contributed by atoms with Gasteiger partial charge in [0.2, 0.25) is 15.9 Å². The number of sulfonamides is 1. The average Bonchev–Trinajstić information content (AvgIpc) is 3.41. The smallest absolute Gasteiger partial charge is 0.222 e. The summed E-state index contributed by atoms with van der Waals surface area (Å²) in [5.74, 6) is 0.143. The predicted octanol–water partition coefficient (Wildman–Crippen LogP) is 1.65. The van der Waals surface area contributed by atoms with Crippen LogP contribution in [0.15, 0.2) is 30.3 Å². The number of rotatable bonds is 6. The summed E-state index contributed by atoms with van der Waals surface area (Å²) in [7, 11) is -3.10. The van der Waals surface area contributed by atoms with E-state index in [1.807, 2.05) is 23.1 Å². The van der Waals surface area contributed by atoms with Gasteiger partial charge >= 0.3 is 0 Å². The Morgan fingerprint density at radius 2 is 1.70 bits per heavy atom. The molecule has 1 heterocycles. The van der Waals surface area contributed by atoms with Gasteiger partial charge in [-0.2, -0.15) is 4.31 Å². The monoisotopic (exact) mass is 336 g/mol. The first-order valence-electron chi connectivity index (χ1n) is 8.38. The van der Waals surface area contributed by atoms with E-state index < -0.39 is 10.0 Å². The molecule has 1 saturated carbocycles. The quantitative estimate of drug-likeness (QED) is 0.794. The molecule has 0 bridgehead atoms. The van der Waals surface area contributed by atoms with Crippen molar-refractivity contribution in [2.75, 3.05) is 26.2 Å². The van der Waals surface area contributed by atoms with Gasteiger partial charge in [0.15, 0.2) is 0 Å². The number of piperazine rings is 1. The Labute approximate surface area is 138 Å². The molecule has 0 spiro atoms. The molecule has 5 nitrogen and oxygen atoms in total. The van der Waals surface area contributed by atoms with Crippen LogP contribution in [-0.2, 0) is 21.2 Å². The predicted molar refractivity (Wildman–Crippen MR) is 89.5 cm³/mol. The lowest BCUT2D eigenvalue weighted by Gasteiger charge is -2.34. The van der Waals surface area contributed by atoms with Crippen LogP contribution < -0.4 is 0 Å². The van der Waals surface area contributed by atoms with E-state index in [0.29, 0.717) is 32.6 Å². The minimum Gasteiger partial charge on any atom is -0.340 e. The molecule has 6 heteroatoms. The third-order valence-corrected chi connectivity index (χ3v) is 6.99. The zero-order valence-corrected chi connectivity index (χ0v) is 14.2. The molecule has 2 fully saturated rings. The second-order valence-corrected chi connectivity index (χ2v) is 8.58.